The first kappa shape index (κ1) is 13.5. The SMILES string of the molecule is CC(C)(C)C(=O)/C=C/NCc1ccc2c(c1)OCO2. The second-order valence-corrected chi connectivity index (χ2v) is 5.52. The van der Waals surface area contributed by atoms with Crippen LogP contribution >= 0.6 is 0 Å². The van der Waals surface area contributed by atoms with Crippen LogP contribution in [0.4, 0.5) is 0 Å². The highest BCUT2D eigenvalue weighted by molar-refractivity contribution is 5.93. The van der Waals surface area contributed by atoms with Crippen molar-refractivity contribution >= 4 is 5.78 Å². The smallest absolute Gasteiger partial charge is 0.231 e. The van der Waals surface area contributed by atoms with E-state index in [0.29, 0.717) is 6.54 Å². The van der Waals surface area contributed by atoms with Crippen LogP contribution in [-0.2, 0) is 11.3 Å². The Balaban J connectivity index is 1.86. The summed E-state index contributed by atoms with van der Waals surface area (Å²) in [4.78, 5) is 11.7. The number of hydrogen-bond donors (Lipinski definition) is 1. The van der Waals surface area contributed by atoms with Crippen molar-refractivity contribution in [3.8, 4) is 11.5 Å². The number of ether oxygens (including phenoxy) is 2. The van der Waals surface area contributed by atoms with Crippen molar-refractivity contribution in [3.63, 3.8) is 0 Å². The standard InChI is InChI=1S/C15H19NO3/c1-15(2,3)14(17)6-7-16-9-11-4-5-12-13(8-11)19-10-18-12/h4-8,16H,9-10H2,1-3H3/b7-6+. The highest BCUT2D eigenvalue weighted by Gasteiger charge is 2.17. The summed E-state index contributed by atoms with van der Waals surface area (Å²) in [5.74, 6) is 1.65. The van der Waals surface area contributed by atoms with Gasteiger partial charge >= 0.3 is 0 Å². The van der Waals surface area contributed by atoms with Gasteiger partial charge < -0.3 is 14.8 Å². The van der Waals surface area contributed by atoms with Gasteiger partial charge in [-0.15, -0.1) is 0 Å². The zero-order valence-corrected chi connectivity index (χ0v) is 11.5. The van der Waals surface area contributed by atoms with Gasteiger partial charge in [0.25, 0.3) is 0 Å². The molecule has 0 saturated heterocycles. The summed E-state index contributed by atoms with van der Waals surface area (Å²) in [7, 11) is 0. The molecule has 1 aliphatic rings. The minimum Gasteiger partial charge on any atom is -0.454 e. The van der Waals surface area contributed by atoms with Gasteiger partial charge in [-0.2, -0.15) is 0 Å². The minimum absolute atomic E-state index is 0.102. The molecule has 0 unspecified atom stereocenters. The second kappa shape index (κ2) is 5.34. The molecule has 1 N–H and O–H groups in total. The Kier molecular flexibility index (Phi) is 3.79. The predicted octanol–water partition coefficient (Wildman–Crippen LogP) is 2.63. The normalized spacial score (nSPS) is 13.8. The largest absolute Gasteiger partial charge is 0.454 e. The molecule has 1 heterocycles. The fourth-order valence-electron chi connectivity index (χ4n) is 1.61. The molecule has 0 aromatic heterocycles. The molecule has 0 aliphatic carbocycles. The van der Waals surface area contributed by atoms with Crippen molar-refractivity contribution < 1.29 is 14.3 Å². The van der Waals surface area contributed by atoms with E-state index in [1.165, 1.54) is 0 Å². The van der Waals surface area contributed by atoms with Crippen LogP contribution < -0.4 is 14.8 Å². The Morgan fingerprint density at radius 2 is 2.05 bits per heavy atom. The van der Waals surface area contributed by atoms with Gasteiger partial charge in [-0.05, 0) is 23.8 Å². The lowest BCUT2D eigenvalue weighted by Gasteiger charge is -2.13. The number of ketones is 1. The maximum absolute atomic E-state index is 11.7. The van der Waals surface area contributed by atoms with Gasteiger partial charge in [-0.3, -0.25) is 4.79 Å². The van der Waals surface area contributed by atoms with E-state index in [4.69, 9.17) is 9.47 Å². The van der Waals surface area contributed by atoms with Crippen LogP contribution in [0.3, 0.4) is 0 Å². The molecule has 0 fully saturated rings. The van der Waals surface area contributed by atoms with Gasteiger partial charge in [0, 0.05) is 18.2 Å². The third-order valence-corrected chi connectivity index (χ3v) is 2.83. The molecule has 0 spiro atoms. The molecule has 0 saturated carbocycles. The molecule has 19 heavy (non-hydrogen) atoms. The number of hydrogen-bond acceptors (Lipinski definition) is 4. The molecule has 1 aromatic carbocycles. The van der Waals surface area contributed by atoms with Gasteiger partial charge in [-0.1, -0.05) is 26.8 Å². The van der Waals surface area contributed by atoms with Crippen molar-refractivity contribution in [2.45, 2.75) is 27.3 Å². The Morgan fingerprint density at radius 1 is 1.32 bits per heavy atom. The second-order valence-electron chi connectivity index (χ2n) is 5.52. The van der Waals surface area contributed by atoms with Crippen LogP contribution in [0, 0.1) is 5.41 Å². The van der Waals surface area contributed by atoms with E-state index in [0.717, 1.165) is 17.1 Å². The van der Waals surface area contributed by atoms with Crippen LogP contribution in [0.25, 0.3) is 0 Å². The van der Waals surface area contributed by atoms with Crippen LogP contribution in [0.15, 0.2) is 30.5 Å². The third kappa shape index (κ3) is 3.50. The van der Waals surface area contributed by atoms with Crippen molar-refractivity contribution in [1.29, 1.82) is 0 Å². The first-order valence-corrected chi connectivity index (χ1v) is 6.30. The number of carbonyl (C=O) groups is 1. The Hall–Kier alpha value is -1.97. The lowest BCUT2D eigenvalue weighted by molar-refractivity contribution is -0.121. The fraction of sp³-hybridized carbons (Fsp3) is 0.400. The van der Waals surface area contributed by atoms with Gasteiger partial charge in [0.2, 0.25) is 6.79 Å². The average Bonchev–Trinajstić information content (AvgIpc) is 2.80. The maximum atomic E-state index is 11.7. The van der Waals surface area contributed by atoms with Crippen LogP contribution in [0.5, 0.6) is 11.5 Å². The molecular formula is C15H19NO3. The highest BCUT2D eigenvalue weighted by atomic mass is 16.7. The van der Waals surface area contributed by atoms with E-state index < -0.39 is 0 Å². The van der Waals surface area contributed by atoms with Gasteiger partial charge in [0.15, 0.2) is 17.3 Å². The topological polar surface area (TPSA) is 47.6 Å². The number of benzene rings is 1. The molecule has 4 heteroatoms. The summed E-state index contributed by atoms with van der Waals surface area (Å²) in [6.07, 6.45) is 3.27. The first-order chi connectivity index (χ1) is 8.97. The number of carbonyl (C=O) groups excluding carboxylic acids is 1. The number of allylic oxidation sites excluding steroid dienone is 1. The molecule has 0 radical (unpaired) electrons. The van der Waals surface area contributed by atoms with Crippen LogP contribution in [-0.4, -0.2) is 12.6 Å². The van der Waals surface area contributed by atoms with Crippen molar-refractivity contribution in [1.82, 2.24) is 5.32 Å². The van der Waals surface area contributed by atoms with Crippen molar-refractivity contribution in [3.05, 3.63) is 36.0 Å². The fourth-order valence-corrected chi connectivity index (χ4v) is 1.61. The van der Waals surface area contributed by atoms with Gasteiger partial charge in [-0.25, -0.2) is 0 Å². The van der Waals surface area contributed by atoms with E-state index >= 15 is 0 Å². The zero-order valence-electron chi connectivity index (χ0n) is 11.5. The Labute approximate surface area is 113 Å². The summed E-state index contributed by atoms with van der Waals surface area (Å²) in [6.45, 7) is 6.63. The predicted molar refractivity (Wildman–Crippen MR) is 73.0 cm³/mol. The third-order valence-electron chi connectivity index (χ3n) is 2.83. The molecule has 102 valence electrons. The summed E-state index contributed by atoms with van der Waals surface area (Å²) in [6, 6.07) is 5.80. The molecule has 0 bridgehead atoms. The molecule has 4 nitrogen and oxygen atoms in total. The molecule has 0 atom stereocenters. The number of nitrogens with one attached hydrogen (secondary N) is 1. The maximum Gasteiger partial charge on any atom is 0.231 e. The van der Waals surface area contributed by atoms with Gasteiger partial charge in [0.05, 0.1) is 0 Å². The Bertz CT molecular complexity index is 501. The monoisotopic (exact) mass is 261 g/mol. The van der Waals surface area contributed by atoms with E-state index in [1.54, 1.807) is 12.3 Å². The molecule has 0 amide bonds. The van der Waals surface area contributed by atoms with Crippen molar-refractivity contribution in [2.75, 3.05) is 6.79 Å². The average molecular weight is 261 g/mol. The zero-order chi connectivity index (χ0) is 13.9. The quantitative estimate of drug-likeness (QED) is 0.846. The van der Waals surface area contributed by atoms with Crippen LogP contribution in [0.2, 0.25) is 0 Å². The number of fused-ring (bicyclic) bond motifs is 1. The van der Waals surface area contributed by atoms with E-state index in [9.17, 15) is 4.79 Å². The first-order valence-electron chi connectivity index (χ1n) is 6.30. The minimum atomic E-state index is -0.336. The molecule has 2 rings (SSSR count). The summed E-state index contributed by atoms with van der Waals surface area (Å²) in [5.41, 5.74) is 0.744. The van der Waals surface area contributed by atoms with Gasteiger partial charge in [0.1, 0.15) is 0 Å². The lowest BCUT2D eigenvalue weighted by atomic mass is 9.91. The summed E-state index contributed by atoms with van der Waals surface area (Å²) in [5, 5.41) is 3.10. The summed E-state index contributed by atoms with van der Waals surface area (Å²) < 4.78 is 10.6. The molecule has 1 aromatic rings. The highest BCUT2D eigenvalue weighted by Crippen LogP contribution is 2.32. The van der Waals surface area contributed by atoms with E-state index in [1.807, 2.05) is 39.0 Å². The van der Waals surface area contributed by atoms with E-state index in [-0.39, 0.29) is 18.0 Å². The molecular weight excluding hydrogens is 242 g/mol. The van der Waals surface area contributed by atoms with E-state index in [2.05, 4.69) is 5.32 Å². The Morgan fingerprint density at radius 3 is 2.79 bits per heavy atom. The van der Waals surface area contributed by atoms with Crippen LogP contribution in [0.1, 0.15) is 26.3 Å². The lowest BCUT2D eigenvalue weighted by Crippen LogP contribution is -2.18. The van der Waals surface area contributed by atoms with Crippen molar-refractivity contribution in [2.24, 2.45) is 5.41 Å². The number of rotatable bonds is 4. The summed E-state index contributed by atoms with van der Waals surface area (Å²) >= 11 is 0. The molecule has 1 aliphatic heterocycles.